The molecular formula is C18H19ClO. The van der Waals surface area contributed by atoms with Gasteiger partial charge in [0.15, 0.2) is 0 Å². The van der Waals surface area contributed by atoms with Crippen molar-refractivity contribution in [3.63, 3.8) is 0 Å². The number of halogens is 1. The van der Waals surface area contributed by atoms with Gasteiger partial charge in [-0.2, -0.15) is 0 Å². The van der Waals surface area contributed by atoms with Crippen molar-refractivity contribution in [3.8, 4) is 5.75 Å². The fraction of sp³-hybridized carbons (Fsp3) is 0.333. The molecule has 1 aliphatic heterocycles. The number of aryl methyl sites for hydroxylation is 2. The van der Waals surface area contributed by atoms with E-state index in [0.717, 1.165) is 25.2 Å². The largest absolute Gasteiger partial charge is 0.493 e. The molecule has 1 atom stereocenters. The topological polar surface area (TPSA) is 9.23 Å². The molecule has 0 spiro atoms. The minimum Gasteiger partial charge on any atom is -0.493 e. The van der Waals surface area contributed by atoms with E-state index in [1.807, 2.05) is 6.07 Å². The van der Waals surface area contributed by atoms with Crippen LogP contribution in [-0.4, -0.2) is 6.61 Å². The lowest BCUT2D eigenvalue weighted by atomic mass is 9.99. The van der Waals surface area contributed by atoms with E-state index in [1.165, 1.54) is 27.8 Å². The molecule has 1 unspecified atom stereocenters. The normalized spacial score (nSPS) is 14.8. The van der Waals surface area contributed by atoms with Crippen molar-refractivity contribution < 1.29 is 4.74 Å². The van der Waals surface area contributed by atoms with Gasteiger partial charge in [-0.1, -0.05) is 30.3 Å². The predicted octanol–water partition coefficient (Wildman–Crippen LogP) is 4.76. The van der Waals surface area contributed by atoms with Crippen molar-refractivity contribution in [2.45, 2.75) is 32.1 Å². The summed E-state index contributed by atoms with van der Waals surface area (Å²) in [5.41, 5.74) is 6.43. The first kappa shape index (κ1) is 13.5. The number of fused-ring (bicyclic) bond motifs is 1. The Morgan fingerprint density at radius 3 is 2.75 bits per heavy atom. The molecular weight excluding hydrogens is 268 g/mol. The maximum absolute atomic E-state index is 6.59. The van der Waals surface area contributed by atoms with Crippen molar-refractivity contribution in [2.75, 3.05) is 6.61 Å². The quantitative estimate of drug-likeness (QED) is 0.739. The highest BCUT2D eigenvalue weighted by Crippen LogP contribution is 2.32. The molecule has 0 aromatic heterocycles. The lowest BCUT2D eigenvalue weighted by Gasteiger charge is -2.12. The van der Waals surface area contributed by atoms with E-state index in [4.69, 9.17) is 16.3 Å². The van der Waals surface area contributed by atoms with Crippen LogP contribution in [0.25, 0.3) is 0 Å². The first-order chi connectivity index (χ1) is 9.63. The average Bonchev–Trinajstić information content (AvgIpc) is 2.90. The van der Waals surface area contributed by atoms with Crippen LogP contribution in [0.15, 0.2) is 36.4 Å². The minimum absolute atomic E-state index is 0.0167. The van der Waals surface area contributed by atoms with E-state index >= 15 is 0 Å². The van der Waals surface area contributed by atoms with E-state index in [2.05, 4.69) is 44.2 Å². The molecule has 2 heteroatoms. The van der Waals surface area contributed by atoms with Gasteiger partial charge in [0, 0.05) is 6.42 Å². The first-order valence-electron chi connectivity index (χ1n) is 7.09. The zero-order valence-electron chi connectivity index (χ0n) is 11.9. The van der Waals surface area contributed by atoms with E-state index in [-0.39, 0.29) is 5.38 Å². The fourth-order valence-electron chi connectivity index (χ4n) is 2.66. The van der Waals surface area contributed by atoms with Gasteiger partial charge >= 0.3 is 0 Å². The molecule has 0 N–H and O–H groups in total. The Labute approximate surface area is 125 Å². The monoisotopic (exact) mass is 286 g/mol. The molecule has 1 heterocycles. The van der Waals surface area contributed by atoms with Gasteiger partial charge in [-0.15, -0.1) is 11.6 Å². The summed E-state index contributed by atoms with van der Waals surface area (Å²) >= 11 is 6.59. The summed E-state index contributed by atoms with van der Waals surface area (Å²) in [5, 5.41) is 0.0167. The van der Waals surface area contributed by atoms with E-state index in [1.54, 1.807) is 0 Å². The van der Waals surface area contributed by atoms with Crippen LogP contribution >= 0.6 is 11.6 Å². The van der Waals surface area contributed by atoms with Crippen LogP contribution in [0.2, 0.25) is 0 Å². The fourth-order valence-corrected chi connectivity index (χ4v) is 2.97. The maximum Gasteiger partial charge on any atom is 0.122 e. The smallest absolute Gasteiger partial charge is 0.122 e. The van der Waals surface area contributed by atoms with E-state index < -0.39 is 0 Å². The van der Waals surface area contributed by atoms with Crippen molar-refractivity contribution in [1.29, 1.82) is 0 Å². The van der Waals surface area contributed by atoms with Crippen LogP contribution in [-0.2, 0) is 12.8 Å². The molecule has 0 fully saturated rings. The van der Waals surface area contributed by atoms with Gasteiger partial charge < -0.3 is 4.74 Å². The van der Waals surface area contributed by atoms with Crippen molar-refractivity contribution in [2.24, 2.45) is 0 Å². The standard InChI is InChI=1S/C18H19ClO/c1-12-3-4-14(9-13(12)2)10-17(19)15-5-6-18-16(11-15)7-8-20-18/h3-6,9,11,17H,7-8,10H2,1-2H3. The molecule has 0 bridgehead atoms. The lowest BCUT2D eigenvalue weighted by molar-refractivity contribution is 0.357. The Morgan fingerprint density at radius 2 is 1.95 bits per heavy atom. The van der Waals surface area contributed by atoms with Gasteiger partial charge in [-0.3, -0.25) is 0 Å². The van der Waals surface area contributed by atoms with Crippen LogP contribution in [0, 0.1) is 13.8 Å². The van der Waals surface area contributed by atoms with Gasteiger partial charge in [0.05, 0.1) is 12.0 Å². The molecule has 1 aliphatic rings. The highest BCUT2D eigenvalue weighted by Gasteiger charge is 2.16. The Bertz CT molecular complexity index is 633. The lowest BCUT2D eigenvalue weighted by Crippen LogP contribution is -1.97. The second-order valence-corrected chi connectivity index (χ2v) is 6.08. The summed E-state index contributed by atoms with van der Waals surface area (Å²) in [4.78, 5) is 0. The highest BCUT2D eigenvalue weighted by atomic mass is 35.5. The molecule has 0 amide bonds. The molecule has 2 aromatic carbocycles. The van der Waals surface area contributed by atoms with Crippen LogP contribution < -0.4 is 4.74 Å². The second-order valence-electron chi connectivity index (χ2n) is 5.56. The molecule has 2 aromatic rings. The number of alkyl halides is 1. The summed E-state index contributed by atoms with van der Waals surface area (Å²) < 4.78 is 5.54. The Morgan fingerprint density at radius 1 is 1.10 bits per heavy atom. The molecule has 20 heavy (non-hydrogen) atoms. The van der Waals surface area contributed by atoms with Crippen LogP contribution in [0.1, 0.15) is 33.2 Å². The number of benzene rings is 2. The van der Waals surface area contributed by atoms with Crippen LogP contribution in [0.5, 0.6) is 5.75 Å². The molecule has 0 radical (unpaired) electrons. The Kier molecular flexibility index (Phi) is 3.71. The van der Waals surface area contributed by atoms with Crippen molar-refractivity contribution in [1.82, 2.24) is 0 Å². The van der Waals surface area contributed by atoms with Crippen molar-refractivity contribution in [3.05, 3.63) is 64.2 Å². The molecule has 3 rings (SSSR count). The summed E-state index contributed by atoms with van der Waals surface area (Å²) in [6.07, 6.45) is 1.86. The summed E-state index contributed by atoms with van der Waals surface area (Å²) in [7, 11) is 0. The van der Waals surface area contributed by atoms with Crippen molar-refractivity contribution >= 4 is 11.6 Å². The summed E-state index contributed by atoms with van der Waals surface area (Å²) in [6, 6.07) is 12.9. The maximum atomic E-state index is 6.59. The van der Waals surface area contributed by atoms with E-state index in [9.17, 15) is 0 Å². The molecule has 1 nitrogen and oxygen atoms in total. The third-order valence-corrected chi connectivity index (χ3v) is 4.47. The SMILES string of the molecule is Cc1ccc(CC(Cl)c2ccc3c(c2)CCO3)cc1C. The van der Waals surface area contributed by atoms with Gasteiger partial charge in [-0.25, -0.2) is 0 Å². The number of hydrogen-bond acceptors (Lipinski definition) is 1. The zero-order valence-corrected chi connectivity index (χ0v) is 12.7. The average molecular weight is 287 g/mol. The van der Waals surface area contributed by atoms with Crippen LogP contribution in [0.3, 0.4) is 0 Å². The zero-order chi connectivity index (χ0) is 14.1. The molecule has 104 valence electrons. The van der Waals surface area contributed by atoms with Gasteiger partial charge in [0.25, 0.3) is 0 Å². The van der Waals surface area contributed by atoms with E-state index in [0.29, 0.717) is 0 Å². The second kappa shape index (κ2) is 5.49. The van der Waals surface area contributed by atoms with Gasteiger partial charge in [-0.05, 0) is 54.2 Å². The summed E-state index contributed by atoms with van der Waals surface area (Å²) in [5.74, 6) is 1.02. The summed E-state index contributed by atoms with van der Waals surface area (Å²) in [6.45, 7) is 5.08. The first-order valence-corrected chi connectivity index (χ1v) is 7.53. The van der Waals surface area contributed by atoms with Gasteiger partial charge in [0.2, 0.25) is 0 Å². The minimum atomic E-state index is 0.0167. The molecule has 0 saturated carbocycles. The molecule has 0 aliphatic carbocycles. The van der Waals surface area contributed by atoms with Gasteiger partial charge in [0.1, 0.15) is 5.75 Å². The Hall–Kier alpha value is -1.47. The van der Waals surface area contributed by atoms with Crippen LogP contribution in [0.4, 0.5) is 0 Å². The Balaban J connectivity index is 1.78. The number of hydrogen-bond donors (Lipinski definition) is 0. The molecule has 0 saturated heterocycles. The predicted molar refractivity (Wildman–Crippen MR) is 83.9 cm³/mol. The third kappa shape index (κ3) is 2.69. The highest BCUT2D eigenvalue weighted by molar-refractivity contribution is 6.20. The number of ether oxygens (including phenoxy) is 1. The third-order valence-electron chi connectivity index (χ3n) is 4.06. The number of rotatable bonds is 3.